The van der Waals surface area contributed by atoms with Crippen LogP contribution in [0.3, 0.4) is 0 Å². The number of non-ortho nitro benzene ring substituents is 1. The molecule has 0 aromatic heterocycles. The van der Waals surface area contributed by atoms with Gasteiger partial charge in [-0.25, -0.2) is 0 Å². The van der Waals surface area contributed by atoms with Crippen molar-refractivity contribution in [3.63, 3.8) is 0 Å². The number of carbonyl (C=O) groups excluding carboxylic acids is 2. The van der Waals surface area contributed by atoms with Gasteiger partial charge in [0.2, 0.25) is 0 Å². The summed E-state index contributed by atoms with van der Waals surface area (Å²) in [5.41, 5.74) is 5.72. The minimum atomic E-state index is -0.692. The lowest BCUT2D eigenvalue weighted by molar-refractivity contribution is -0.384. The van der Waals surface area contributed by atoms with Gasteiger partial charge >= 0.3 is 0 Å². The van der Waals surface area contributed by atoms with Gasteiger partial charge in [-0.1, -0.05) is 6.07 Å². The zero-order chi connectivity index (χ0) is 22.0. The van der Waals surface area contributed by atoms with Crippen LogP contribution in [0.1, 0.15) is 24.2 Å². The summed E-state index contributed by atoms with van der Waals surface area (Å²) in [6.45, 7) is 3.13. The molecule has 0 saturated heterocycles. The first-order chi connectivity index (χ1) is 14.2. The van der Waals surface area contributed by atoms with Gasteiger partial charge in [0.1, 0.15) is 11.5 Å². The molecule has 1 aliphatic heterocycles. The third-order valence-corrected chi connectivity index (χ3v) is 4.27. The SMILES string of the molecule is CC1=NN(c2cccc([N+](=O)[O-])c2)C(=O)/C1=C(/C)NNC(=O)c1ccc(O)cc1O. The van der Waals surface area contributed by atoms with Crippen molar-refractivity contribution in [1.82, 2.24) is 10.9 Å². The van der Waals surface area contributed by atoms with E-state index in [9.17, 15) is 29.9 Å². The van der Waals surface area contributed by atoms with Crippen molar-refractivity contribution in [1.29, 1.82) is 0 Å². The molecule has 0 aliphatic carbocycles. The molecule has 2 aromatic carbocycles. The largest absolute Gasteiger partial charge is 0.508 e. The normalized spacial score (nSPS) is 14.9. The topological polar surface area (TPSA) is 157 Å². The molecule has 0 unspecified atom stereocenters. The molecule has 0 fully saturated rings. The highest BCUT2D eigenvalue weighted by molar-refractivity contribution is 6.30. The summed E-state index contributed by atoms with van der Waals surface area (Å²) in [5.74, 6) is -1.83. The summed E-state index contributed by atoms with van der Waals surface area (Å²) in [5, 5.41) is 35.2. The predicted octanol–water partition coefficient (Wildman–Crippen LogP) is 1.94. The van der Waals surface area contributed by atoms with Crippen LogP contribution in [0.4, 0.5) is 11.4 Å². The molecule has 11 heteroatoms. The van der Waals surface area contributed by atoms with Crippen molar-refractivity contribution >= 4 is 28.9 Å². The van der Waals surface area contributed by atoms with Crippen LogP contribution in [0.25, 0.3) is 0 Å². The molecule has 0 bridgehead atoms. The Morgan fingerprint density at radius 3 is 2.57 bits per heavy atom. The lowest BCUT2D eigenvalue weighted by Crippen LogP contribution is -2.37. The quantitative estimate of drug-likeness (QED) is 0.332. The van der Waals surface area contributed by atoms with E-state index < -0.39 is 22.5 Å². The van der Waals surface area contributed by atoms with Gasteiger partial charge in [-0.2, -0.15) is 10.1 Å². The first-order valence-electron chi connectivity index (χ1n) is 8.62. The van der Waals surface area contributed by atoms with E-state index in [0.717, 1.165) is 11.1 Å². The van der Waals surface area contributed by atoms with Gasteiger partial charge in [-0.15, -0.1) is 0 Å². The molecule has 0 saturated carbocycles. The van der Waals surface area contributed by atoms with Gasteiger partial charge in [0.25, 0.3) is 17.5 Å². The first-order valence-corrected chi connectivity index (χ1v) is 8.62. The van der Waals surface area contributed by atoms with Crippen molar-refractivity contribution in [2.24, 2.45) is 5.10 Å². The van der Waals surface area contributed by atoms with Crippen molar-refractivity contribution in [2.75, 3.05) is 5.01 Å². The number of nitrogens with zero attached hydrogens (tertiary/aromatic N) is 3. The van der Waals surface area contributed by atoms with Crippen LogP contribution in [0.15, 0.2) is 58.8 Å². The number of allylic oxidation sites excluding steroid dienone is 1. The molecular formula is C19H17N5O6. The van der Waals surface area contributed by atoms with Crippen molar-refractivity contribution in [3.8, 4) is 11.5 Å². The first kappa shape index (κ1) is 20.3. The van der Waals surface area contributed by atoms with Crippen LogP contribution >= 0.6 is 0 Å². The second-order valence-corrected chi connectivity index (χ2v) is 6.36. The van der Waals surface area contributed by atoms with Crippen LogP contribution in [-0.4, -0.2) is 32.7 Å². The fourth-order valence-corrected chi connectivity index (χ4v) is 2.84. The molecule has 154 valence electrons. The highest BCUT2D eigenvalue weighted by Gasteiger charge is 2.31. The highest BCUT2D eigenvalue weighted by atomic mass is 16.6. The maximum absolute atomic E-state index is 12.8. The number of hydrazine groups is 1. The van der Waals surface area contributed by atoms with E-state index in [2.05, 4.69) is 16.0 Å². The number of hydrogen-bond donors (Lipinski definition) is 4. The second kappa shape index (κ2) is 7.91. The Morgan fingerprint density at radius 1 is 1.17 bits per heavy atom. The third kappa shape index (κ3) is 3.90. The molecule has 11 nitrogen and oxygen atoms in total. The van der Waals surface area contributed by atoms with Crippen LogP contribution < -0.4 is 15.9 Å². The molecule has 1 heterocycles. The Balaban J connectivity index is 1.79. The molecule has 0 atom stereocenters. The Hall–Kier alpha value is -4.41. The average Bonchev–Trinajstić information content (AvgIpc) is 3.00. The van der Waals surface area contributed by atoms with E-state index in [1.807, 2.05) is 0 Å². The van der Waals surface area contributed by atoms with Crippen molar-refractivity contribution in [3.05, 3.63) is 69.4 Å². The predicted molar refractivity (Wildman–Crippen MR) is 107 cm³/mol. The van der Waals surface area contributed by atoms with Gasteiger partial charge in [0.05, 0.1) is 27.5 Å². The number of hydrazone groups is 1. The highest BCUT2D eigenvalue weighted by Crippen LogP contribution is 2.27. The number of phenols is 2. The van der Waals surface area contributed by atoms with E-state index in [1.165, 1.54) is 36.4 Å². The van der Waals surface area contributed by atoms with Crippen LogP contribution in [0.5, 0.6) is 11.5 Å². The van der Waals surface area contributed by atoms with Crippen LogP contribution in [0.2, 0.25) is 0 Å². The summed E-state index contributed by atoms with van der Waals surface area (Å²) in [4.78, 5) is 35.4. The van der Waals surface area contributed by atoms with Gasteiger partial charge in [-0.3, -0.25) is 25.1 Å². The molecule has 0 radical (unpaired) electrons. The number of nitro benzene ring substituents is 1. The number of carbonyl (C=O) groups is 2. The number of amides is 2. The number of hydrogen-bond acceptors (Lipinski definition) is 8. The van der Waals surface area contributed by atoms with Crippen LogP contribution in [0, 0.1) is 10.1 Å². The minimum absolute atomic E-state index is 0.0838. The Kier molecular flexibility index (Phi) is 5.36. The average molecular weight is 411 g/mol. The lowest BCUT2D eigenvalue weighted by atomic mass is 10.1. The Bertz CT molecular complexity index is 1120. The second-order valence-electron chi connectivity index (χ2n) is 6.36. The fourth-order valence-electron chi connectivity index (χ4n) is 2.84. The number of anilines is 1. The summed E-state index contributed by atoms with van der Waals surface area (Å²) in [6, 6.07) is 9.00. The van der Waals surface area contributed by atoms with Gasteiger partial charge in [0, 0.05) is 23.9 Å². The molecule has 1 aliphatic rings. The summed E-state index contributed by atoms with van der Waals surface area (Å²) < 4.78 is 0. The van der Waals surface area contributed by atoms with E-state index in [1.54, 1.807) is 13.8 Å². The summed E-state index contributed by atoms with van der Waals surface area (Å²) >= 11 is 0. The Morgan fingerprint density at radius 2 is 1.90 bits per heavy atom. The van der Waals surface area contributed by atoms with E-state index in [-0.39, 0.29) is 34.0 Å². The number of nitro groups is 1. The zero-order valence-corrected chi connectivity index (χ0v) is 15.9. The number of benzene rings is 2. The van der Waals surface area contributed by atoms with E-state index >= 15 is 0 Å². The molecule has 2 aromatic rings. The maximum atomic E-state index is 12.8. The smallest absolute Gasteiger partial charge is 0.282 e. The number of rotatable bonds is 5. The fraction of sp³-hybridized carbons (Fsp3) is 0.105. The van der Waals surface area contributed by atoms with Gasteiger partial charge < -0.3 is 15.6 Å². The van der Waals surface area contributed by atoms with E-state index in [4.69, 9.17) is 0 Å². The number of nitrogens with one attached hydrogen (secondary N) is 2. The van der Waals surface area contributed by atoms with Crippen LogP contribution in [-0.2, 0) is 4.79 Å². The van der Waals surface area contributed by atoms with Gasteiger partial charge in [-0.05, 0) is 32.0 Å². The summed E-state index contributed by atoms with van der Waals surface area (Å²) in [6.07, 6.45) is 0. The molecule has 3 rings (SSSR count). The van der Waals surface area contributed by atoms with Gasteiger partial charge in [0.15, 0.2) is 0 Å². The monoisotopic (exact) mass is 411 g/mol. The maximum Gasteiger partial charge on any atom is 0.282 e. The molecule has 0 spiro atoms. The van der Waals surface area contributed by atoms with E-state index in [0.29, 0.717) is 5.71 Å². The lowest BCUT2D eigenvalue weighted by Gasteiger charge is -2.14. The standard InChI is InChI=1S/C19H17N5O6/c1-10(20-21-18(27)15-7-6-14(25)9-16(15)26)17-11(2)22-23(19(17)28)12-4-3-5-13(8-12)24(29)30/h3-9,20,25-26H,1-2H3,(H,21,27)/b17-10-. The molecular weight excluding hydrogens is 394 g/mol. The number of aromatic hydroxyl groups is 2. The molecule has 4 N–H and O–H groups in total. The summed E-state index contributed by atoms with van der Waals surface area (Å²) in [7, 11) is 0. The van der Waals surface area contributed by atoms with Crippen molar-refractivity contribution < 1.29 is 24.7 Å². The zero-order valence-electron chi connectivity index (χ0n) is 15.9. The third-order valence-electron chi connectivity index (χ3n) is 4.27. The van der Waals surface area contributed by atoms with Crippen molar-refractivity contribution in [2.45, 2.75) is 13.8 Å². The molecule has 2 amide bonds. The number of phenolic OH excluding ortho intramolecular Hbond substituents is 2. The minimum Gasteiger partial charge on any atom is -0.508 e. The Labute approximate surface area is 170 Å². The molecule has 30 heavy (non-hydrogen) atoms.